The van der Waals surface area contributed by atoms with Crippen molar-refractivity contribution in [2.24, 2.45) is 5.73 Å². The van der Waals surface area contributed by atoms with E-state index < -0.39 is 0 Å². The van der Waals surface area contributed by atoms with Crippen molar-refractivity contribution in [3.05, 3.63) is 0 Å². The summed E-state index contributed by atoms with van der Waals surface area (Å²) in [7, 11) is 0. The van der Waals surface area contributed by atoms with E-state index in [9.17, 15) is 0 Å². The molecule has 0 fully saturated rings. The van der Waals surface area contributed by atoms with E-state index in [1.54, 1.807) is 0 Å². The van der Waals surface area contributed by atoms with Crippen LogP contribution in [-0.2, 0) is 0 Å². The number of hydrogen-bond acceptors (Lipinski definition) is 2. The molecular weight excluding hydrogens is 160 g/mol. The summed E-state index contributed by atoms with van der Waals surface area (Å²) < 4.78 is 0. The van der Waals surface area contributed by atoms with Crippen molar-refractivity contribution in [3.63, 3.8) is 0 Å². The first kappa shape index (κ1) is 13.8. The molecule has 0 spiro atoms. The quantitative estimate of drug-likeness (QED) is 0.674. The monoisotopic (exact) mass is 180 g/mol. The van der Waals surface area contributed by atoms with Crippen LogP contribution < -0.4 is 11.1 Å². The van der Waals surface area contributed by atoms with Gasteiger partial charge in [-0.15, -0.1) is 12.4 Å². The molecule has 0 amide bonds. The maximum Gasteiger partial charge on any atom is 0.00415 e. The third-order valence-electron chi connectivity index (χ3n) is 1.46. The standard InChI is InChI=1S/C8H20N2.ClH/c1-7(2)10-8(3)5-4-6-9;/h7-8,10H,4-6,9H2,1-3H3;1H. The van der Waals surface area contributed by atoms with Crippen LogP contribution in [0.1, 0.15) is 33.6 Å². The molecule has 0 radical (unpaired) electrons. The molecule has 2 nitrogen and oxygen atoms in total. The zero-order valence-electron chi connectivity index (χ0n) is 7.76. The van der Waals surface area contributed by atoms with Crippen LogP contribution in [0.4, 0.5) is 0 Å². The van der Waals surface area contributed by atoms with E-state index in [0.29, 0.717) is 12.1 Å². The molecule has 0 aliphatic heterocycles. The Kier molecular flexibility index (Phi) is 10.4. The van der Waals surface area contributed by atoms with Crippen molar-refractivity contribution < 1.29 is 0 Å². The summed E-state index contributed by atoms with van der Waals surface area (Å²) in [6, 6.07) is 1.20. The molecule has 3 N–H and O–H groups in total. The summed E-state index contributed by atoms with van der Waals surface area (Å²) in [6.07, 6.45) is 2.32. The second-order valence-electron chi connectivity index (χ2n) is 3.15. The van der Waals surface area contributed by atoms with E-state index in [-0.39, 0.29) is 12.4 Å². The summed E-state index contributed by atoms with van der Waals surface area (Å²) in [5.74, 6) is 0. The van der Waals surface area contributed by atoms with Gasteiger partial charge in [0.05, 0.1) is 0 Å². The molecule has 1 atom stereocenters. The fraction of sp³-hybridized carbons (Fsp3) is 1.00. The first-order chi connectivity index (χ1) is 4.66. The topological polar surface area (TPSA) is 38.0 Å². The Balaban J connectivity index is 0. The highest BCUT2D eigenvalue weighted by molar-refractivity contribution is 5.85. The predicted octanol–water partition coefficient (Wildman–Crippen LogP) is 1.53. The van der Waals surface area contributed by atoms with E-state index in [2.05, 4.69) is 26.1 Å². The molecule has 11 heavy (non-hydrogen) atoms. The van der Waals surface area contributed by atoms with Gasteiger partial charge in [-0.05, 0) is 26.3 Å². The van der Waals surface area contributed by atoms with Crippen LogP contribution in [-0.4, -0.2) is 18.6 Å². The Bertz CT molecular complexity index is 76.5. The Morgan fingerprint density at radius 1 is 1.27 bits per heavy atom. The molecule has 0 bridgehead atoms. The smallest absolute Gasteiger partial charge is 0.00415 e. The maximum absolute atomic E-state index is 5.38. The van der Waals surface area contributed by atoms with Gasteiger partial charge in [0.15, 0.2) is 0 Å². The lowest BCUT2D eigenvalue weighted by Crippen LogP contribution is -2.32. The molecule has 3 heteroatoms. The van der Waals surface area contributed by atoms with Crippen LogP contribution in [0.25, 0.3) is 0 Å². The first-order valence-electron chi connectivity index (χ1n) is 4.13. The molecular formula is C8H21ClN2. The highest BCUT2D eigenvalue weighted by atomic mass is 35.5. The average Bonchev–Trinajstić information content (AvgIpc) is 1.82. The van der Waals surface area contributed by atoms with Gasteiger partial charge in [0.25, 0.3) is 0 Å². The fourth-order valence-corrected chi connectivity index (χ4v) is 1.08. The number of nitrogens with one attached hydrogen (secondary N) is 1. The molecule has 0 rings (SSSR count). The van der Waals surface area contributed by atoms with Gasteiger partial charge in [0.1, 0.15) is 0 Å². The molecule has 0 aromatic rings. The summed E-state index contributed by atoms with van der Waals surface area (Å²) in [5.41, 5.74) is 5.38. The molecule has 0 aromatic heterocycles. The molecule has 0 aliphatic rings. The Morgan fingerprint density at radius 2 is 1.82 bits per heavy atom. The van der Waals surface area contributed by atoms with Crippen molar-refractivity contribution in [1.82, 2.24) is 5.32 Å². The zero-order chi connectivity index (χ0) is 7.98. The lowest BCUT2D eigenvalue weighted by Gasteiger charge is -2.15. The lowest BCUT2D eigenvalue weighted by molar-refractivity contribution is 0.457. The van der Waals surface area contributed by atoms with Crippen LogP contribution in [0.2, 0.25) is 0 Å². The van der Waals surface area contributed by atoms with Crippen LogP contribution in [0.15, 0.2) is 0 Å². The molecule has 0 aromatic carbocycles. The van der Waals surface area contributed by atoms with Gasteiger partial charge in [-0.1, -0.05) is 13.8 Å². The summed E-state index contributed by atoms with van der Waals surface area (Å²) in [4.78, 5) is 0. The van der Waals surface area contributed by atoms with E-state index in [0.717, 1.165) is 13.0 Å². The minimum absolute atomic E-state index is 0. The fourth-order valence-electron chi connectivity index (χ4n) is 1.08. The Morgan fingerprint density at radius 3 is 2.18 bits per heavy atom. The largest absolute Gasteiger partial charge is 0.330 e. The Hall–Kier alpha value is 0.210. The molecule has 1 unspecified atom stereocenters. The van der Waals surface area contributed by atoms with Crippen LogP contribution in [0.3, 0.4) is 0 Å². The molecule has 0 heterocycles. The minimum atomic E-state index is 0. The first-order valence-corrected chi connectivity index (χ1v) is 4.13. The summed E-state index contributed by atoms with van der Waals surface area (Å²) in [6.45, 7) is 7.34. The number of nitrogens with two attached hydrogens (primary N) is 1. The maximum atomic E-state index is 5.38. The Labute approximate surface area is 76.3 Å². The van der Waals surface area contributed by atoms with Gasteiger partial charge in [-0.25, -0.2) is 0 Å². The zero-order valence-corrected chi connectivity index (χ0v) is 8.58. The average molecular weight is 181 g/mol. The van der Waals surface area contributed by atoms with Gasteiger partial charge < -0.3 is 11.1 Å². The van der Waals surface area contributed by atoms with Gasteiger partial charge in [0.2, 0.25) is 0 Å². The van der Waals surface area contributed by atoms with E-state index in [1.165, 1.54) is 6.42 Å². The van der Waals surface area contributed by atoms with E-state index in [1.807, 2.05) is 0 Å². The van der Waals surface area contributed by atoms with Crippen molar-refractivity contribution in [2.75, 3.05) is 6.54 Å². The van der Waals surface area contributed by atoms with Crippen molar-refractivity contribution in [2.45, 2.75) is 45.7 Å². The number of hydrogen-bond donors (Lipinski definition) is 2. The molecule has 0 saturated heterocycles. The van der Waals surface area contributed by atoms with E-state index in [4.69, 9.17) is 5.73 Å². The molecule has 0 aliphatic carbocycles. The highest BCUT2D eigenvalue weighted by Crippen LogP contribution is 1.95. The van der Waals surface area contributed by atoms with Crippen molar-refractivity contribution in [3.8, 4) is 0 Å². The highest BCUT2D eigenvalue weighted by Gasteiger charge is 2.00. The number of halogens is 1. The summed E-state index contributed by atoms with van der Waals surface area (Å²) in [5, 5.41) is 3.42. The molecule has 70 valence electrons. The summed E-state index contributed by atoms with van der Waals surface area (Å²) >= 11 is 0. The van der Waals surface area contributed by atoms with E-state index >= 15 is 0 Å². The third kappa shape index (κ3) is 10.2. The second kappa shape index (κ2) is 8.31. The minimum Gasteiger partial charge on any atom is -0.330 e. The van der Waals surface area contributed by atoms with Crippen molar-refractivity contribution in [1.29, 1.82) is 0 Å². The van der Waals surface area contributed by atoms with Gasteiger partial charge in [-0.3, -0.25) is 0 Å². The van der Waals surface area contributed by atoms with Crippen LogP contribution >= 0.6 is 12.4 Å². The van der Waals surface area contributed by atoms with Gasteiger partial charge in [-0.2, -0.15) is 0 Å². The van der Waals surface area contributed by atoms with Gasteiger partial charge in [0, 0.05) is 12.1 Å². The predicted molar refractivity (Wildman–Crippen MR) is 53.3 cm³/mol. The number of rotatable bonds is 5. The SMILES string of the molecule is CC(C)NC(C)CCCN.Cl. The van der Waals surface area contributed by atoms with Gasteiger partial charge >= 0.3 is 0 Å². The van der Waals surface area contributed by atoms with Crippen molar-refractivity contribution >= 4 is 12.4 Å². The van der Waals surface area contributed by atoms with Crippen LogP contribution in [0, 0.1) is 0 Å². The lowest BCUT2D eigenvalue weighted by atomic mass is 10.1. The molecule has 0 saturated carbocycles. The second-order valence-corrected chi connectivity index (χ2v) is 3.15. The normalized spacial score (nSPS) is 12.8. The van der Waals surface area contributed by atoms with Crippen LogP contribution in [0.5, 0.6) is 0 Å². The third-order valence-corrected chi connectivity index (χ3v) is 1.46.